The van der Waals surface area contributed by atoms with E-state index in [0.29, 0.717) is 16.3 Å². The molecule has 0 saturated carbocycles. The van der Waals surface area contributed by atoms with Crippen LogP contribution in [0, 0.1) is 6.92 Å². The SMILES string of the molecule is CC[C@H](C)NC(=O)[C@H](C)N(Cc1ccccc1)C(=O)CN(c1cc(Cl)ccc1C)S(=O)(=O)c1ccccc1. The maximum absolute atomic E-state index is 13.9. The van der Waals surface area contributed by atoms with E-state index in [1.807, 2.05) is 44.2 Å². The van der Waals surface area contributed by atoms with Gasteiger partial charge in [0.15, 0.2) is 0 Å². The smallest absolute Gasteiger partial charge is 0.264 e. The molecule has 0 radical (unpaired) electrons. The highest BCUT2D eigenvalue weighted by Crippen LogP contribution is 2.30. The van der Waals surface area contributed by atoms with Crippen LogP contribution in [0.4, 0.5) is 5.69 Å². The molecule has 0 aliphatic heterocycles. The Labute approximate surface area is 230 Å². The number of aryl methyl sites for hydroxylation is 1. The number of carbonyl (C=O) groups is 2. The molecule has 3 aromatic rings. The Bertz CT molecular complexity index is 1350. The van der Waals surface area contributed by atoms with Crippen molar-refractivity contribution in [1.82, 2.24) is 10.2 Å². The molecule has 3 aromatic carbocycles. The second-order valence-electron chi connectivity index (χ2n) is 9.26. The lowest BCUT2D eigenvalue weighted by molar-refractivity contribution is -0.139. The van der Waals surface area contributed by atoms with Crippen molar-refractivity contribution in [1.29, 1.82) is 0 Å². The molecule has 9 heteroatoms. The van der Waals surface area contributed by atoms with E-state index in [2.05, 4.69) is 5.32 Å². The summed E-state index contributed by atoms with van der Waals surface area (Å²) in [6.07, 6.45) is 0.738. The molecular weight excluding hydrogens is 522 g/mol. The highest BCUT2D eigenvalue weighted by molar-refractivity contribution is 7.92. The first kappa shape index (κ1) is 29.2. The van der Waals surface area contributed by atoms with E-state index in [-0.39, 0.29) is 23.4 Å². The van der Waals surface area contributed by atoms with Gasteiger partial charge in [0.25, 0.3) is 10.0 Å². The van der Waals surface area contributed by atoms with Crippen molar-refractivity contribution < 1.29 is 18.0 Å². The normalized spacial score (nSPS) is 12.9. The fraction of sp³-hybridized carbons (Fsp3) is 0.310. The standard InChI is InChI=1S/C29H34ClN3O4S/c1-5-22(3)31-29(35)23(4)32(19-24-12-8-6-9-13-24)28(34)20-33(27-18-25(30)17-16-21(27)2)38(36,37)26-14-10-7-11-15-26/h6-18,22-23H,5,19-20H2,1-4H3,(H,31,35)/t22-,23-/m0/s1. The Morgan fingerprint density at radius 2 is 1.55 bits per heavy atom. The Morgan fingerprint density at radius 3 is 2.16 bits per heavy atom. The number of hydrogen-bond acceptors (Lipinski definition) is 4. The van der Waals surface area contributed by atoms with Gasteiger partial charge in [0.05, 0.1) is 10.6 Å². The summed E-state index contributed by atoms with van der Waals surface area (Å²) >= 11 is 6.25. The van der Waals surface area contributed by atoms with Crippen LogP contribution in [0.2, 0.25) is 5.02 Å². The van der Waals surface area contributed by atoms with Crippen LogP contribution in [-0.2, 0) is 26.2 Å². The molecule has 0 aliphatic carbocycles. The molecule has 0 heterocycles. The van der Waals surface area contributed by atoms with Gasteiger partial charge in [-0.3, -0.25) is 13.9 Å². The highest BCUT2D eigenvalue weighted by atomic mass is 35.5. The van der Waals surface area contributed by atoms with Gasteiger partial charge in [-0.05, 0) is 62.6 Å². The van der Waals surface area contributed by atoms with Crippen LogP contribution in [0.1, 0.15) is 38.3 Å². The van der Waals surface area contributed by atoms with Gasteiger partial charge in [-0.2, -0.15) is 0 Å². The van der Waals surface area contributed by atoms with Crippen LogP contribution in [0.25, 0.3) is 0 Å². The van der Waals surface area contributed by atoms with Crippen LogP contribution in [-0.4, -0.2) is 43.8 Å². The first-order chi connectivity index (χ1) is 18.0. The molecule has 38 heavy (non-hydrogen) atoms. The lowest BCUT2D eigenvalue weighted by atomic mass is 10.1. The topological polar surface area (TPSA) is 86.8 Å². The number of hydrogen-bond donors (Lipinski definition) is 1. The van der Waals surface area contributed by atoms with Crippen LogP contribution in [0.5, 0.6) is 0 Å². The number of anilines is 1. The summed E-state index contributed by atoms with van der Waals surface area (Å²) in [7, 11) is -4.14. The molecule has 0 saturated heterocycles. The zero-order valence-corrected chi connectivity index (χ0v) is 23.7. The molecule has 2 atom stereocenters. The molecule has 0 aromatic heterocycles. The molecule has 3 rings (SSSR count). The van der Waals surface area contributed by atoms with E-state index in [4.69, 9.17) is 11.6 Å². The van der Waals surface area contributed by atoms with Crippen molar-refractivity contribution in [2.24, 2.45) is 0 Å². The van der Waals surface area contributed by atoms with E-state index in [1.165, 1.54) is 23.1 Å². The summed E-state index contributed by atoms with van der Waals surface area (Å²) in [6, 6.07) is 21.2. The van der Waals surface area contributed by atoms with Crippen molar-refractivity contribution in [3.63, 3.8) is 0 Å². The van der Waals surface area contributed by atoms with Gasteiger partial charge in [0.2, 0.25) is 11.8 Å². The fourth-order valence-corrected chi connectivity index (χ4v) is 5.57. The number of sulfonamides is 1. The zero-order valence-electron chi connectivity index (χ0n) is 22.1. The van der Waals surface area contributed by atoms with E-state index >= 15 is 0 Å². The highest BCUT2D eigenvalue weighted by Gasteiger charge is 2.33. The third-order valence-electron chi connectivity index (χ3n) is 6.41. The number of benzene rings is 3. The number of carbonyl (C=O) groups excluding carboxylic acids is 2. The maximum atomic E-state index is 13.9. The molecule has 0 aliphatic rings. The van der Waals surface area contributed by atoms with E-state index in [0.717, 1.165) is 16.3 Å². The molecule has 0 bridgehead atoms. The van der Waals surface area contributed by atoms with Gasteiger partial charge in [-0.1, -0.05) is 73.1 Å². The average molecular weight is 556 g/mol. The van der Waals surface area contributed by atoms with Crippen LogP contribution in [0.3, 0.4) is 0 Å². The number of halogens is 1. The maximum Gasteiger partial charge on any atom is 0.264 e. The van der Waals surface area contributed by atoms with Crippen LogP contribution < -0.4 is 9.62 Å². The predicted molar refractivity (Wildman–Crippen MR) is 152 cm³/mol. The summed E-state index contributed by atoms with van der Waals surface area (Å²) in [5.41, 5.74) is 1.75. The number of nitrogens with one attached hydrogen (secondary N) is 1. The number of amides is 2. The van der Waals surface area contributed by atoms with Gasteiger partial charge in [-0.15, -0.1) is 0 Å². The minimum atomic E-state index is -4.14. The van der Waals surface area contributed by atoms with Crippen molar-refractivity contribution >= 4 is 39.1 Å². The molecule has 7 nitrogen and oxygen atoms in total. The quantitative estimate of drug-likeness (QED) is 0.353. The van der Waals surface area contributed by atoms with Gasteiger partial charge in [0.1, 0.15) is 12.6 Å². The third kappa shape index (κ3) is 7.14. The zero-order chi connectivity index (χ0) is 27.9. The summed E-state index contributed by atoms with van der Waals surface area (Å²) < 4.78 is 28.7. The number of nitrogens with zero attached hydrogens (tertiary/aromatic N) is 2. The summed E-state index contributed by atoms with van der Waals surface area (Å²) in [5.74, 6) is -0.820. The van der Waals surface area contributed by atoms with Gasteiger partial charge in [-0.25, -0.2) is 8.42 Å². The van der Waals surface area contributed by atoms with Gasteiger partial charge in [0, 0.05) is 17.6 Å². The van der Waals surface area contributed by atoms with Crippen molar-refractivity contribution in [2.45, 2.75) is 57.6 Å². The summed E-state index contributed by atoms with van der Waals surface area (Å²) in [4.78, 5) is 28.4. The van der Waals surface area contributed by atoms with E-state index in [1.54, 1.807) is 44.2 Å². The second kappa shape index (κ2) is 12.9. The Morgan fingerprint density at radius 1 is 0.947 bits per heavy atom. The van der Waals surface area contributed by atoms with Gasteiger partial charge < -0.3 is 10.2 Å². The van der Waals surface area contributed by atoms with E-state index < -0.39 is 28.5 Å². The Balaban J connectivity index is 2.04. The minimum Gasteiger partial charge on any atom is -0.352 e. The monoisotopic (exact) mass is 555 g/mol. The first-order valence-corrected chi connectivity index (χ1v) is 14.3. The molecule has 1 N–H and O–H groups in total. The molecule has 202 valence electrons. The number of rotatable bonds is 11. The molecule has 0 fully saturated rings. The average Bonchev–Trinajstić information content (AvgIpc) is 2.92. The first-order valence-electron chi connectivity index (χ1n) is 12.5. The lowest BCUT2D eigenvalue weighted by Gasteiger charge is -2.33. The summed E-state index contributed by atoms with van der Waals surface area (Å²) in [5, 5.41) is 3.27. The lowest BCUT2D eigenvalue weighted by Crippen LogP contribution is -2.52. The molecule has 0 spiro atoms. The Kier molecular flexibility index (Phi) is 9.94. The van der Waals surface area contributed by atoms with Crippen molar-refractivity contribution in [3.05, 3.63) is 95.0 Å². The second-order valence-corrected chi connectivity index (χ2v) is 11.6. The Hall–Kier alpha value is -3.36. The molecule has 0 unspecified atom stereocenters. The largest absolute Gasteiger partial charge is 0.352 e. The fourth-order valence-electron chi connectivity index (χ4n) is 3.91. The minimum absolute atomic E-state index is 0.0457. The van der Waals surface area contributed by atoms with Crippen molar-refractivity contribution in [3.8, 4) is 0 Å². The van der Waals surface area contributed by atoms with E-state index in [9.17, 15) is 18.0 Å². The summed E-state index contributed by atoms with van der Waals surface area (Å²) in [6.45, 7) is 6.90. The van der Waals surface area contributed by atoms with Crippen LogP contribution >= 0.6 is 11.6 Å². The predicted octanol–water partition coefficient (Wildman–Crippen LogP) is 5.18. The van der Waals surface area contributed by atoms with Gasteiger partial charge >= 0.3 is 0 Å². The van der Waals surface area contributed by atoms with Crippen LogP contribution in [0.15, 0.2) is 83.8 Å². The molecule has 2 amide bonds. The third-order valence-corrected chi connectivity index (χ3v) is 8.42. The van der Waals surface area contributed by atoms with Crippen molar-refractivity contribution in [2.75, 3.05) is 10.8 Å². The molecular formula is C29H34ClN3O4S.